The normalized spacial score (nSPS) is 11.6. The number of halogens is 1. The Bertz CT molecular complexity index is 814. The lowest BCUT2D eigenvalue weighted by Crippen LogP contribution is -2.48. The van der Waals surface area contributed by atoms with Gasteiger partial charge in [0.05, 0.1) is 12.9 Å². The zero-order chi connectivity index (χ0) is 21.2. The van der Waals surface area contributed by atoms with E-state index in [4.69, 9.17) is 4.74 Å². The summed E-state index contributed by atoms with van der Waals surface area (Å²) in [6.45, 7) is 2.19. The summed E-state index contributed by atoms with van der Waals surface area (Å²) in [6.07, 6.45) is 0.500. The standard InChI is InChI=1S/C22H27FN2O3S/c1-4-20(22(27)24-2)25(13-16-9-11-18(28-3)12-10-16)21(26)15-29-14-17-7-5-6-8-19(17)23/h5-12,20H,4,13-15H2,1-3H3,(H,24,27)/t20-/m0/s1. The number of hydrogen-bond acceptors (Lipinski definition) is 4. The van der Waals surface area contributed by atoms with E-state index in [0.717, 1.165) is 11.3 Å². The van der Waals surface area contributed by atoms with Gasteiger partial charge in [0.2, 0.25) is 11.8 Å². The molecular weight excluding hydrogens is 391 g/mol. The Labute approximate surface area is 175 Å². The van der Waals surface area contributed by atoms with Crippen LogP contribution in [-0.2, 0) is 21.9 Å². The van der Waals surface area contributed by atoms with E-state index in [1.54, 1.807) is 37.3 Å². The van der Waals surface area contributed by atoms with Crippen molar-refractivity contribution in [2.75, 3.05) is 19.9 Å². The van der Waals surface area contributed by atoms with E-state index in [9.17, 15) is 14.0 Å². The van der Waals surface area contributed by atoms with E-state index in [1.165, 1.54) is 17.8 Å². The largest absolute Gasteiger partial charge is 0.497 e. The highest BCUT2D eigenvalue weighted by atomic mass is 32.2. The maximum atomic E-state index is 13.8. The topological polar surface area (TPSA) is 58.6 Å². The second-order valence-corrected chi connectivity index (χ2v) is 7.48. The van der Waals surface area contributed by atoms with E-state index >= 15 is 0 Å². The Morgan fingerprint density at radius 2 is 1.86 bits per heavy atom. The summed E-state index contributed by atoms with van der Waals surface area (Å²) in [5.41, 5.74) is 1.46. The molecule has 0 aromatic heterocycles. The number of rotatable bonds is 10. The molecule has 0 spiro atoms. The molecule has 5 nitrogen and oxygen atoms in total. The van der Waals surface area contributed by atoms with Crippen LogP contribution in [-0.4, -0.2) is 42.7 Å². The smallest absolute Gasteiger partial charge is 0.242 e. The van der Waals surface area contributed by atoms with E-state index in [-0.39, 0.29) is 23.4 Å². The molecule has 0 fully saturated rings. The number of hydrogen-bond donors (Lipinski definition) is 1. The Balaban J connectivity index is 2.10. The number of methoxy groups -OCH3 is 1. The molecule has 29 heavy (non-hydrogen) atoms. The minimum atomic E-state index is -0.566. The molecule has 1 N–H and O–H groups in total. The SMILES string of the molecule is CC[C@@H](C(=O)NC)N(Cc1ccc(OC)cc1)C(=O)CSCc1ccccc1F. The number of thioether (sulfide) groups is 1. The molecule has 0 saturated heterocycles. The van der Waals surface area contributed by atoms with Crippen molar-refractivity contribution in [1.82, 2.24) is 10.2 Å². The first-order valence-corrected chi connectivity index (χ1v) is 10.6. The van der Waals surface area contributed by atoms with Crippen molar-refractivity contribution < 1.29 is 18.7 Å². The van der Waals surface area contributed by atoms with Crippen LogP contribution in [0.15, 0.2) is 48.5 Å². The fourth-order valence-corrected chi connectivity index (χ4v) is 3.86. The van der Waals surface area contributed by atoms with Crippen LogP contribution >= 0.6 is 11.8 Å². The molecule has 0 unspecified atom stereocenters. The van der Waals surface area contributed by atoms with E-state index in [0.29, 0.717) is 24.3 Å². The van der Waals surface area contributed by atoms with Crippen molar-refractivity contribution in [1.29, 1.82) is 0 Å². The quantitative estimate of drug-likeness (QED) is 0.640. The average molecular weight is 419 g/mol. The molecular formula is C22H27FN2O3S. The fraction of sp³-hybridized carbons (Fsp3) is 0.364. The summed E-state index contributed by atoms with van der Waals surface area (Å²) in [5, 5.41) is 2.64. The van der Waals surface area contributed by atoms with E-state index in [1.807, 2.05) is 31.2 Å². The van der Waals surface area contributed by atoms with Gasteiger partial charge >= 0.3 is 0 Å². The van der Waals surface area contributed by atoms with Crippen LogP contribution < -0.4 is 10.1 Å². The Kier molecular flexibility index (Phi) is 8.99. The zero-order valence-electron chi connectivity index (χ0n) is 17.0. The number of nitrogens with zero attached hydrogens (tertiary/aromatic N) is 1. The Hall–Kier alpha value is -2.54. The van der Waals surface area contributed by atoms with Crippen LogP contribution in [0.25, 0.3) is 0 Å². The van der Waals surface area contributed by atoms with Gasteiger partial charge in [-0.2, -0.15) is 0 Å². The highest BCUT2D eigenvalue weighted by molar-refractivity contribution is 7.99. The highest BCUT2D eigenvalue weighted by Gasteiger charge is 2.27. The molecule has 2 aromatic rings. The number of benzene rings is 2. The van der Waals surface area contributed by atoms with Gasteiger partial charge in [-0.15, -0.1) is 11.8 Å². The monoisotopic (exact) mass is 418 g/mol. The summed E-state index contributed by atoms with van der Waals surface area (Å²) in [5.74, 6) is 0.652. The first-order chi connectivity index (χ1) is 14.0. The summed E-state index contributed by atoms with van der Waals surface area (Å²) >= 11 is 1.34. The average Bonchev–Trinajstić information content (AvgIpc) is 2.75. The molecule has 1 atom stereocenters. The predicted molar refractivity (Wildman–Crippen MR) is 114 cm³/mol. The zero-order valence-corrected chi connectivity index (χ0v) is 17.8. The lowest BCUT2D eigenvalue weighted by Gasteiger charge is -2.30. The van der Waals surface area contributed by atoms with E-state index < -0.39 is 6.04 Å². The van der Waals surface area contributed by atoms with Crippen molar-refractivity contribution in [3.8, 4) is 5.75 Å². The second kappa shape index (κ2) is 11.5. The molecule has 0 saturated carbocycles. The predicted octanol–water partition coefficient (Wildman–Crippen LogP) is 3.62. The van der Waals surface area contributed by atoms with E-state index in [2.05, 4.69) is 5.32 Å². The summed E-state index contributed by atoms with van der Waals surface area (Å²) in [4.78, 5) is 26.9. The molecule has 0 bridgehead atoms. The van der Waals surface area contributed by atoms with Crippen molar-refractivity contribution in [3.63, 3.8) is 0 Å². The van der Waals surface area contributed by atoms with Gasteiger partial charge in [0.25, 0.3) is 0 Å². The Morgan fingerprint density at radius 1 is 1.17 bits per heavy atom. The number of ether oxygens (including phenoxy) is 1. The van der Waals surface area contributed by atoms with Crippen LogP contribution in [0.5, 0.6) is 5.75 Å². The fourth-order valence-electron chi connectivity index (χ4n) is 2.96. The first-order valence-electron chi connectivity index (χ1n) is 9.45. The number of likely N-dealkylation sites (N-methyl/N-ethyl adjacent to an activating group) is 1. The maximum absolute atomic E-state index is 13.8. The summed E-state index contributed by atoms with van der Waals surface area (Å²) in [6, 6.07) is 13.4. The molecule has 2 aromatic carbocycles. The molecule has 0 heterocycles. The van der Waals surface area contributed by atoms with Crippen LogP contribution in [0.2, 0.25) is 0 Å². The van der Waals surface area contributed by atoms with Crippen LogP contribution in [0.3, 0.4) is 0 Å². The minimum absolute atomic E-state index is 0.155. The van der Waals surface area contributed by atoms with Gasteiger partial charge in [0, 0.05) is 19.3 Å². The van der Waals surface area contributed by atoms with Crippen LogP contribution in [0.1, 0.15) is 24.5 Å². The third-order valence-corrected chi connectivity index (χ3v) is 5.55. The van der Waals surface area contributed by atoms with Gasteiger partial charge in [-0.3, -0.25) is 9.59 Å². The number of amides is 2. The molecule has 156 valence electrons. The third-order valence-electron chi connectivity index (χ3n) is 4.59. The van der Waals surface area contributed by atoms with Crippen molar-refractivity contribution in [2.45, 2.75) is 31.7 Å². The number of nitrogens with one attached hydrogen (secondary N) is 1. The van der Waals surface area contributed by atoms with Gasteiger partial charge in [0.15, 0.2) is 0 Å². The molecule has 2 amide bonds. The van der Waals surface area contributed by atoms with Crippen molar-refractivity contribution in [2.24, 2.45) is 0 Å². The number of carbonyl (C=O) groups is 2. The van der Waals surface area contributed by atoms with Crippen molar-refractivity contribution >= 4 is 23.6 Å². The lowest BCUT2D eigenvalue weighted by molar-refractivity contribution is -0.139. The lowest BCUT2D eigenvalue weighted by atomic mass is 10.1. The maximum Gasteiger partial charge on any atom is 0.242 e. The van der Waals surface area contributed by atoms with Gasteiger partial charge in [-0.05, 0) is 35.7 Å². The molecule has 0 aliphatic rings. The third kappa shape index (κ3) is 6.49. The second-order valence-electron chi connectivity index (χ2n) is 6.49. The Morgan fingerprint density at radius 3 is 2.45 bits per heavy atom. The minimum Gasteiger partial charge on any atom is -0.497 e. The molecule has 7 heteroatoms. The van der Waals surface area contributed by atoms with Gasteiger partial charge < -0.3 is 15.0 Å². The molecule has 0 aliphatic heterocycles. The van der Waals surface area contributed by atoms with Gasteiger partial charge in [-0.1, -0.05) is 37.3 Å². The highest BCUT2D eigenvalue weighted by Crippen LogP contribution is 2.19. The number of carbonyl (C=O) groups excluding carboxylic acids is 2. The van der Waals surface area contributed by atoms with Crippen LogP contribution in [0, 0.1) is 5.82 Å². The van der Waals surface area contributed by atoms with Gasteiger partial charge in [-0.25, -0.2) is 4.39 Å². The van der Waals surface area contributed by atoms with Crippen LogP contribution in [0.4, 0.5) is 4.39 Å². The summed E-state index contributed by atoms with van der Waals surface area (Å²) < 4.78 is 19.0. The van der Waals surface area contributed by atoms with Crippen molar-refractivity contribution in [3.05, 3.63) is 65.5 Å². The molecule has 2 rings (SSSR count). The molecule has 0 aliphatic carbocycles. The van der Waals surface area contributed by atoms with Gasteiger partial charge in [0.1, 0.15) is 17.6 Å². The first kappa shape index (κ1) is 22.7. The molecule has 0 radical (unpaired) electrons. The summed E-state index contributed by atoms with van der Waals surface area (Å²) in [7, 11) is 3.16.